The Morgan fingerprint density at radius 3 is 2.69 bits per heavy atom. The van der Waals surface area contributed by atoms with Gasteiger partial charge in [0.2, 0.25) is 0 Å². The molecule has 2 heterocycles. The van der Waals surface area contributed by atoms with E-state index in [0.29, 0.717) is 36.6 Å². The van der Waals surface area contributed by atoms with Crippen LogP contribution in [0.5, 0.6) is 5.19 Å². The minimum absolute atomic E-state index is 0.0647. The first-order valence-electron chi connectivity index (χ1n) is 8.37. The molecule has 1 aromatic heterocycles. The molecule has 1 fully saturated rings. The van der Waals surface area contributed by atoms with Crippen molar-refractivity contribution >= 4 is 27.5 Å². The monoisotopic (exact) mass is 374 g/mol. The Balaban J connectivity index is 1.38. The van der Waals surface area contributed by atoms with Gasteiger partial charge in [0.05, 0.1) is 15.8 Å². The molecule has 0 saturated carbocycles. The summed E-state index contributed by atoms with van der Waals surface area (Å²) in [7, 11) is 0. The van der Waals surface area contributed by atoms with Gasteiger partial charge in [-0.1, -0.05) is 23.5 Å². The summed E-state index contributed by atoms with van der Waals surface area (Å²) in [4.78, 5) is 18.4. The highest BCUT2D eigenvalue weighted by Crippen LogP contribution is 2.30. The minimum Gasteiger partial charge on any atom is -0.467 e. The second-order valence-corrected chi connectivity index (χ2v) is 7.17. The van der Waals surface area contributed by atoms with Crippen LogP contribution in [0.1, 0.15) is 23.2 Å². The van der Waals surface area contributed by atoms with Crippen LogP contribution in [-0.2, 0) is 0 Å². The van der Waals surface area contributed by atoms with Gasteiger partial charge in [-0.3, -0.25) is 4.79 Å². The van der Waals surface area contributed by atoms with Gasteiger partial charge in [0, 0.05) is 25.9 Å². The topological polar surface area (TPSA) is 42.4 Å². The number of ether oxygens (including phenoxy) is 1. The Morgan fingerprint density at radius 2 is 1.92 bits per heavy atom. The molecule has 0 unspecified atom stereocenters. The summed E-state index contributed by atoms with van der Waals surface area (Å²) in [5.74, 6) is -1.10. The van der Waals surface area contributed by atoms with Gasteiger partial charge in [-0.15, -0.1) is 0 Å². The molecule has 0 atom stereocenters. The number of nitrogens with zero attached hydrogens (tertiary/aromatic N) is 2. The maximum absolute atomic E-state index is 13.8. The van der Waals surface area contributed by atoms with E-state index in [1.54, 1.807) is 23.1 Å². The van der Waals surface area contributed by atoms with E-state index in [1.807, 2.05) is 0 Å². The number of aromatic nitrogens is 1. The second kappa shape index (κ2) is 6.99. The zero-order chi connectivity index (χ0) is 18.1. The van der Waals surface area contributed by atoms with E-state index >= 15 is 0 Å². The van der Waals surface area contributed by atoms with E-state index in [9.17, 15) is 13.6 Å². The quantitative estimate of drug-likeness (QED) is 0.688. The van der Waals surface area contributed by atoms with Gasteiger partial charge < -0.3 is 9.64 Å². The Kier molecular flexibility index (Phi) is 4.55. The number of fused-ring (bicyclic) bond motifs is 1. The van der Waals surface area contributed by atoms with Crippen LogP contribution in [0.25, 0.3) is 10.2 Å². The summed E-state index contributed by atoms with van der Waals surface area (Å²) < 4.78 is 33.7. The lowest BCUT2D eigenvalue weighted by molar-refractivity contribution is 0.0591. The number of carbonyl (C=O) groups is 1. The standard InChI is InChI=1S/C19H16F2N2O2S/c20-12-5-6-16-17(11-12)26-19(22-16)25-13-7-9-23(10-8-13)18(24)14-3-1-2-4-15(14)21/h1-6,11,13H,7-10H2. The highest BCUT2D eigenvalue weighted by molar-refractivity contribution is 7.20. The predicted octanol–water partition coefficient (Wildman–Crippen LogP) is 4.26. The van der Waals surface area contributed by atoms with Crippen LogP contribution in [0.15, 0.2) is 42.5 Å². The number of benzene rings is 2. The molecule has 1 aliphatic heterocycles. The maximum atomic E-state index is 13.8. The van der Waals surface area contributed by atoms with Crippen LogP contribution in [0.2, 0.25) is 0 Å². The predicted molar refractivity (Wildman–Crippen MR) is 95.5 cm³/mol. The highest BCUT2D eigenvalue weighted by atomic mass is 32.1. The van der Waals surface area contributed by atoms with Gasteiger partial charge >= 0.3 is 0 Å². The average Bonchev–Trinajstić information content (AvgIpc) is 3.03. The summed E-state index contributed by atoms with van der Waals surface area (Å²) >= 11 is 1.31. The fourth-order valence-electron chi connectivity index (χ4n) is 3.05. The molecule has 134 valence electrons. The molecular formula is C19H16F2N2O2S. The Bertz CT molecular complexity index is 952. The van der Waals surface area contributed by atoms with Crippen LogP contribution < -0.4 is 4.74 Å². The Labute approximate surface area is 153 Å². The molecule has 2 aromatic carbocycles. The number of halogens is 2. The SMILES string of the molecule is O=C(c1ccccc1F)N1CCC(Oc2nc3ccc(F)cc3s2)CC1. The first kappa shape index (κ1) is 16.9. The van der Waals surface area contributed by atoms with Crippen LogP contribution in [0.4, 0.5) is 8.78 Å². The lowest BCUT2D eigenvalue weighted by Gasteiger charge is -2.31. The van der Waals surface area contributed by atoms with Gasteiger partial charge in [-0.25, -0.2) is 13.8 Å². The molecule has 3 aromatic rings. The van der Waals surface area contributed by atoms with Gasteiger partial charge in [-0.2, -0.15) is 0 Å². The number of hydrogen-bond acceptors (Lipinski definition) is 4. The third kappa shape index (κ3) is 3.39. The zero-order valence-electron chi connectivity index (χ0n) is 13.8. The van der Waals surface area contributed by atoms with Crippen LogP contribution in [0, 0.1) is 11.6 Å². The number of hydrogen-bond donors (Lipinski definition) is 0. The molecule has 0 radical (unpaired) electrons. The number of amides is 1. The molecule has 4 nitrogen and oxygen atoms in total. The van der Waals surface area contributed by atoms with E-state index in [0.717, 1.165) is 4.70 Å². The van der Waals surface area contributed by atoms with E-state index < -0.39 is 5.82 Å². The van der Waals surface area contributed by atoms with Crippen molar-refractivity contribution in [1.82, 2.24) is 9.88 Å². The van der Waals surface area contributed by atoms with Crippen molar-refractivity contribution in [1.29, 1.82) is 0 Å². The fraction of sp³-hybridized carbons (Fsp3) is 0.263. The molecule has 26 heavy (non-hydrogen) atoms. The maximum Gasteiger partial charge on any atom is 0.274 e. The minimum atomic E-state index is -0.502. The number of piperidine rings is 1. The molecule has 1 aliphatic rings. The summed E-state index contributed by atoms with van der Waals surface area (Å²) in [5.41, 5.74) is 0.804. The summed E-state index contributed by atoms with van der Waals surface area (Å²) in [6.45, 7) is 0.995. The van der Waals surface area contributed by atoms with Crippen LogP contribution >= 0.6 is 11.3 Å². The second-order valence-electron chi connectivity index (χ2n) is 6.18. The Hall–Kier alpha value is -2.54. The van der Waals surface area contributed by atoms with Crippen LogP contribution in [0.3, 0.4) is 0 Å². The van der Waals surface area contributed by atoms with Crippen LogP contribution in [-0.4, -0.2) is 35.0 Å². The summed E-state index contributed by atoms with van der Waals surface area (Å²) in [5, 5.41) is 0.504. The lowest BCUT2D eigenvalue weighted by Crippen LogP contribution is -2.42. The van der Waals surface area contributed by atoms with Crippen molar-refractivity contribution < 1.29 is 18.3 Å². The average molecular weight is 374 g/mol. The third-order valence-corrected chi connectivity index (χ3v) is 5.34. The van der Waals surface area contributed by atoms with E-state index in [1.165, 1.54) is 35.6 Å². The molecule has 4 rings (SSSR count). The van der Waals surface area contributed by atoms with Gasteiger partial charge in [0.15, 0.2) is 0 Å². The largest absolute Gasteiger partial charge is 0.467 e. The van der Waals surface area contributed by atoms with E-state index in [-0.39, 0.29) is 23.4 Å². The first-order chi connectivity index (χ1) is 12.6. The molecule has 1 amide bonds. The van der Waals surface area contributed by atoms with Gasteiger partial charge in [-0.05, 0) is 30.3 Å². The fourth-order valence-corrected chi connectivity index (χ4v) is 3.96. The number of likely N-dealkylation sites (tertiary alicyclic amines) is 1. The molecular weight excluding hydrogens is 358 g/mol. The number of rotatable bonds is 3. The number of thiazole rings is 1. The lowest BCUT2D eigenvalue weighted by atomic mass is 10.1. The van der Waals surface area contributed by atoms with Crippen molar-refractivity contribution in [2.24, 2.45) is 0 Å². The molecule has 1 saturated heterocycles. The highest BCUT2D eigenvalue weighted by Gasteiger charge is 2.26. The van der Waals surface area contributed by atoms with Crippen molar-refractivity contribution in [2.75, 3.05) is 13.1 Å². The molecule has 0 spiro atoms. The third-order valence-electron chi connectivity index (χ3n) is 4.43. The summed E-state index contributed by atoms with van der Waals surface area (Å²) in [6, 6.07) is 10.5. The molecule has 0 aliphatic carbocycles. The van der Waals surface area contributed by atoms with Gasteiger partial charge in [0.25, 0.3) is 11.1 Å². The Morgan fingerprint density at radius 1 is 1.15 bits per heavy atom. The number of carbonyl (C=O) groups excluding carboxylic acids is 1. The molecule has 0 N–H and O–H groups in total. The van der Waals surface area contributed by atoms with E-state index in [4.69, 9.17) is 4.74 Å². The van der Waals surface area contributed by atoms with Crippen molar-refractivity contribution in [3.05, 3.63) is 59.7 Å². The van der Waals surface area contributed by atoms with E-state index in [2.05, 4.69) is 4.98 Å². The molecule has 7 heteroatoms. The summed E-state index contributed by atoms with van der Waals surface area (Å²) in [6.07, 6.45) is 1.22. The van der Waals surface area contributed by atoms with Crippen molar-refractivity contribution in [3.8, 4) is 5.19 Å². The smallest absolute Gasteiger partial charge is 0.274 e. The van der Waals surface area contributed by atoms with Crippen molar-refractivity contribution in [3.63, 3.8) is 0 Å². The first-order valence-corrected chi connectivity index (χ1v) is 9.18. The van der Waals surface area contributed by atoms with Gasteiger partial charge in [0.1, 0.15) is 17.7 Å². The van der Waals surface area contributed by atoms with Crippen molar-refractivity contribution in [2.45, 2.75) is 18.9 Å². The molecule has 0 bridgehead atoms. The normalized spacial score (nSPS) is 15.4. The zero-order valence-corrected chi connectivity index (χ0v) is 14.6.